The molecule has 110 valence electrons. The van der Waals surface area contributed by atoms with Gasteiger partial charge in [0.05, 0.1) is 14.7 Å². The molecular formula is C13H11NO5S2. The van der Waals surface area contributed by atoms with E-state index in [1.807, 2.05) is 0 Å². The Bertz CT molecular complexity index is 802. The minimum Gasteiger partial charge on any atom is -0.507 e. The van der Waals surface area contributed by atoms with Crippen LogP contribution in [0.25, 0.3) is 0 Å². The van der Waals surface area contributed by atoms with Gasteiger partial charge in [0.2, 0.25) is 0 Å². The summed E-state index contributed by atoms with van der Waals surface area (Å²) in [6.07, 6.45) is 0.920. The second kappa shape index (κ2) is 5.74. The number of para-hydroxylation sites is 2. The molecule has 0 saturated heterocycles. The van der Waals surface area contributed by atoms with Crippen molar-refractivity contribution in [3.05, 3.63) is 52.6 Å². The summed E-state index contributed by atoms with van der Waals surface area (Å²) < 4.78 is 23.3. The van der Waals surface area contributed by atoms with Crippen molar-refractivity contribution in [2.24, 2.45) is 0 Å². The second-order valence-electron chi connectivity index (χ2n) is 4.20. The van der Waals surface area contributed by atoms with Crippen LogP contribution < -0.4 is 0 Å². The van der Waals surface area contributed by atoms with Crippen LogP contribution in [-0.2, 0) is 9.84 Å². The van der Waals surface area contributed by atoms with E-state index in [4.69, 9.17) is 0 Å². The average molecular weight is 325 g/mol. The molecule has 0 aliphatic carbocycles. The molecule has 0 aliphatic heterocycles. The van der Waals surface area contributed by atoms with Crippen molar-refractivity contribution in [3.8, 4) is 5.75 Å². The number of aromatic hydroxyl groups is 1. The molecule has 6 nitrogen and oxygen atoms in total. The lowest BCUT2D eigenvalue weighted by atomic mass is 10.3. The molecule has 0 atom stereocenters. The molecule has 0 saturated carbocycles. The van der Waals surface area contributed by atoms with Gasteiger partial charge in [-0.3, -0.25) is 10.1 Å². The monoisotopic (exact) mass is 325 g/mol. The Morgan fingerprint density at radius 1 is 1.10 bits per heavy atom. The van der Waals surface area contributed by atoms with E-state index in [0.29, 0.717) is 4.90 Å². The summed E-state index contributed by atoms with van der Waals surface area (Å²) in [7, 11) is -3.72. The van der Waals surface area contributed by atoms with Gasteiger partial charge in [-0.05, 0) is 24.3 Å². The molecule has 0 aromatic heterocycles. The van der Waals surface area contributed by atoms with Crippen LogP contribution in [0.5, 0.6) is 5.75 Å². The third-order valence-electron chi connectivity index (χ3n) is 2.63. The molecule has 2 rings (SSSR count). The Morgan fingerprint density at radius 3 is 2.29 bits per heavy atom. The zero-order chi connectivity index (χ0) is 15.6. The minimum absolute atomic E-state index is 0.0263. The summed E-state index contributed by atoms with van der Waals surface area (Å²) >= 11 is 0.943. The topological polar surface area (TPSA) is 97.5 Å². The number of sulfone groups is 1. The highest BCUT2D eigenvalue weighted by Crippen LogP contribution is 2.41. The lowest BCUT2D eigenvalue weighted by Gasteiger charge is -2.07. The third-order valence-corrected chi connectivity index (χ3v) is 4.87. The van der Waals surface area contributed by atoms with Crippen molar-refractivity contribution in [2.75, 3.05) is 6.26 Å². The number of phenolic OH excluding ortho intramolecular Hbond substituents is 1. The van der Waals surface area contributed by atoms with Crippen molar-refractivity contribution >= 4 is 27.3 Å². The maximum atomic E-state index is 11.7. The maximum absolute atomic E-state index is 11.7. The first-order valence-corrected chi connectivity index (χ1v) is 8.45. The Morgan fingerprint density at radius 2 is 1.71 bits per heavy atom. The predicted molar refractivity (Wildman–Crippen MR) is 78.4 cm³/mol. The fourth-order valence-corrected chi connectivity index (χ4v) is 3.64. The van der Waals surface area contributed by atoms with E-state index >= 15 is 0 Å². The number of nitro groups is 1. The molecule has 0 unspecified atom stereocenters. The van der Waals surface area contributed by atoms with E-state index in [1.54, 1.807) is 18.2 Å². The predicted octanol–water partition coefficient (Wildman–Crippen LogP) is 2.86. The Balaban J connectivity index is 2.60. The zero-order valence-electron chi connectivity index (χ0n) is 10.9. The molecule has 0 heterocycles. The standard InChI is InChI=1S/C13H11NO5S2/c1-21(18,19)12-8-4-7-11(13(12)14(16)17)20-10-6-3-2-5-9(10)15/h2-8,15H,1H3. The van der Waals surface area contributed by atoms with Gasteiger partial charge in [-0.2, -0.15) is 0 Å². The molecule has 0 bridgehead atoms. The van der Waals surface area contributed by atoms with Crippen LogP contribution in [0.2, 0.25) is 0 Å². The highest BCUT2D eigenvalue weighted by Gasteiger charge is 2.26. The summed E-state index contributed by atoms with van der Waals surface area (Å²) in [5, 5.41) is 21.0. The van der Waals surface area contributed by atoms with Gasteiger partial charge < -0.3 is 5.11 Å². The van der Waals surface area contributed by atoms with Crippen LogP contribution in [0, 0.1) is 10.1 Å². The van der Waals surface area contributed by atoms with E-state index < -0.39 is 20.4 Å². The summed E-state index contributed by atoms with van der Waals surface area (Å²) in [5.74, 6) is -0.0263. The smallest absolute Gasteiger partial charge is 0.301 e. The number of nitro benzene ring substituents is 1. The molecule has 0 amide bonds. The number of hydrogen-bond donors (Lipinski definition) is 1. The molecule has 1 N–H and O–H groups in total. The van der Waals surface area contributed by atoms with Gasteiger partial charge in [-0.25, -0.2) is 8.42 Å². The van der Waals surface area contributed by atoms with Crippen molar-refractivity contribution < 1.29 is 18.4 Å². The Labute approximate surface area is 125 Å². The molecule has 21 heavy (non-hydrogen) atoms. The molecule has 0 radical (unpaired) electrons. The maximum Gasteiger partial charge on any atom is 0.301 e. The Kier molecular flexibility index (Phi) is 4.19. The van der Waals surface area contributed by atoms with Crippen molar-refractivity contribution in [3.63, 3.8) is 0 Å². The van der Waals surface area contributed by atoms with Crippen LogP contribution in [0.1, 0.15) is 0 Å². The second-order valence-corrected chi connectivity index (χ2v) is 7.27. The van der Waals surface area contributed by atoms with Gasteiger partial charge in [-0.15, -0.1) is 0 Å². The summed E-state index contributed by atoms with van der Waals surface area (Å²) in [6, 6.07) is 10.4. The summed E-state index contributed by atoms with van der Waals surface area (Å²) in [6.45, 7) is 0. The highest BCUT2D eigenvalue weighted by molar-refractivity contribution is 7.99. The summed E-state index contributed by atoms with van der Waals surface area (Å²) in [5.41, 5.74) is -0.478. The minimum atomic E-state index is -3.72. The average Bonchev–Trinajstić information content (AvgIpc) is 2.40. The van der Waals surface area contributed by atoms with E-state index in [1.165, 1.54) is 24.3 Å². The first-order valence-electron chi connectivity index (χ1n) is 5.74. The number of hydrogen-bond acceptors (Lipinski definition) is 6. The molecule has 0 fully saturated rings. The molecule has 8 heteroatoms. The van der Waals surface area contributed by atoms with Crippen molar-refractivity contribution in [2.45, 2.75) is 14.7 Å². The summed E-state index contributed by atoms with van der Waals surface area (Å²) in [4.78, 5) is 10.7. The SMILES string of the molecule is CS(=O)(=O)c1cccc(Sc2ccccc2O)c1[N+](=O)[O-]. The van der Waals surface area contributed by atoms with Gasteiger partial charge in [0, 0.05) is 6.26 Å². The lowest BCUT2D eigenvalue weighted by molar-refractivity contribution is -0.390. The first-order chi connectivity index (χ1) is 9.80. The molecular weight excluding hydrogens is 314 g/mol. The van der Waals surface area contributed by atoms with Gasteiger partial charge in [0.15, 0.2) is 9.84 Å². The normalized spacial score (nSPS) is 11.3. The van der Waals surface area contributed by atoms with Gasteiger partial charge >= 0.3 is 5.69 Å². The largest absolute Gasteiger partial charge is 0.507 e. The van der Waals surface area contributed by atoms with E-state index in [0.717, 1.165) is 18.0 Å². The van der Waals surface area contributed by atoms with Crippen molar-refractivity contribution in [1.29, 1.82) is 0 Å². The van der Waals surface area contributed by atoms with Crippen LogP contribution >= 0.6 is 11.8 Å². The zero-order valence-corrected chi connectivity index (χ0v) is 12.5. The fourth-order valence-electron chi connectivity index (χ4n) is 1.73. The van der Waals surface area contributed by atoms with Gasteiger partial charge in [0.1, 0.15) is 10.6 Å². The van der Waals surface area contributed by atoms with Gasteiger partial charge in [0.25, 0.3) is 0 Å². The highest BCUT2D eigenvalue weighted by atomic mass is 32.2. The first kappa shape index (κ1) is 15.3. The van der Waals surface area contributed by atoms with Crippen LogP contribution in [-0.4, -0.2) is 24.7 Å². The number of rotatable bonds is 4. The van der Waals surface area contributed by atoms with E-state index in [-0.39, 0.29) is 15.5 Å². The van der Waals surface area contributed by atoms with Crippen LogP contribution in [0.4, 0.5) is 5.69 Å². The lowest BCUT2D eigenvalue weighted by Crippen LogP contribution is -2.03. The van der Waals surface area contributed by atoms with Crippen molar-refractivity contribution in [1.82, 2.24) is 0 Å². The van der Waals surface area contributed by atoms with Crippen LogP contribution in [0.15, 0.2) is 57.2 Å². The van der Waals surface area contributed by atoms with E-state index in [9.17, 15) is 23.6 Å². The Hall–Kier alpha value is -2.06. The molecule has 0 spiro atoms. The fraction of sp³-hybridized carbons (Fsp3) is 0.0769. The third kappa shape index (κ3) is 3.34. The van der Waals surface area contributed by atoms with Crippen LogP contribution in [0.3, 0.4) is 0 Å². The number of nitrogens with zero attached hydrogens (tertiary/aromatic N) is 1. The molecule has 2 aromatic carbocycles. The van der Waals surface area contributed by atoms with E-state index in [2.05, 4.69) is 0 Å². The molecule has 2 aromatic rings. The number of benzene rings is 2. The van der Waals surface area contributed by atoms with Gasteiger partial charge in [-0.1, -0.05) is 30.0 Å². The molecule has 0 aliphatic rings. The number of phenols is 1. The quantitative estimate of drug-likeness (QED) is 0.685.